The zero-order chi connectivity index (χ0) is 11.8. The Labute approximate surface area is 95.8 Å². The normalized spacial score (nSPS) is 10.6. The van der Waals surface area contributed by atoms with Crippen molar-refractivity contribution in [3.05, 3.63) is 42.0 Å². The number of hydrogen-bond donors (Lipinski definition) is 2. The molecule has 0 aliphatic rings. The monoisotopic (exact) mass is 219 g/mol. The average molecular weight is 219 g/mol. The van der Waals surface area contributed by atoms with Crippen LogP contribution in [0, 0.1) is 0 Å². The van der Waals surface area contributed by atoms with Gasteiger partial charge in [0, 0.05) is 18.7 Å². The van der Waals surface area contributed by atoms with Crippen molar-refractivity contribution in [2.24, 2.45) is 0 Å². The smallest absolute Gasteiger partial charge is 0.303 e. The summed E-state index contributed by atoms with van der Waals surface area (Å²) in [6, 6.07) is 7.86. The van der Waals surface area contributed by atoms with Gasteiger partial charge in [0.1, 0.15) is 0 Å². The van der Waals surface area contributed by atoms with Crippen LogP contribution in [0.25, 0.3) is 0 Å². The minimum atomic E-state index is -0.757. The van der Waals surface area contributed by atoms with Gasteiger partial charge in [0.2, 0.25) is 0 Å². The number of aliphatic carboxylic acids is 1. The Morgan fingerprint density at radius 2 is 2.31 bits per heavy atom. The molecule has 0 spiro atoms. The maximum absolute atomic E-state index is 10.4. The Kier molecular flexibility index (Phi) is 5.12. The van der Waals surface area contributed by atoms with Crippen LogP contribution < -0.4 is 5.32 Å². The predicted molar refractivity (Wildman–Crippen MR) is 65.7 cm³/mol. The highest BCUT2D eigenvalue weighted by atomic mass is 16.4. The molecule has 0 saturated heterocycles. The molecule has 0 aliphatic heterocycles. The highest BCUT2D eigenvalue weighted by Crippen LogP contribution is 2.12. The summed E-state index contributed by atoms with van der Waals surface area (Å²) in [4.78, 5) is 10.4. The van der Waals surface area contributed by atoms with Gasteiger partial charge in [-0.05, 0) is 31.0 Å². The molecular weight excluding hydrogens is 202 g/mol. The van der Waals surface area contributed by atoms with Crippen molar-refractivity contribution in [1.82, 2.24) is 0 Å². The van der Waals surface area contributed by atoms with Crippen LogP contribution in [0.5, 0.6) is 0 Å². The molecule has 1 aromatic carbocycles. The van der Waals surface area contributed by atoms with Crippen molar-refractivity contribution >= 4 is 11.7 Å². The fourth-order valence-corrected chi connectivity index (χ4v) is 1.38. The van der Waals surface area contributed by atoms with Gasteiger partial charge in [-0.3, -0.25) is 4.79 Å². The SMILES string of the molecule is CC=CCNc1cccc(CCC(=O)O)c1. The Bertz CT molecular complexity index is 372. The van der Waals surface area contributed by atoms with Crippen molar-refractivity contribution in [1.29, 1.82) is 0 Å². The molecule has 3 heteroatoms. The summed E-state index contributed by atoms with van der Waals surface area (Å²) in [5.74, 6) is -0.757. The summed E-state index contributed by atoms with van der Waals surface area (Å²) >= 11 is 0. The predicted octanol–water partition coefficient (Wildman–Crippen LogP) is 2.69. The van der Waals surface area contributed by atoms with Crippen LogP contribution in [0.3, 0.4) is 0 Å². The average Bonchev–Trinajstić information content (AvgIpc) is 2.27. The van der Waals surface area contributed by atoms with Gasteiger partial charge in [0.25, 0.3) is 0 Å². The van der Waals surface area contributed by atoms with Gasteiger partial charge in [-0.1, -0.05) is 24.3 Å². The van der Waals surface area contributed by atoms with Crippen molar-refractivity contribution in [2.45, 2.75) is 19.8 Å². The lowest BCUT2D eigenvalue weighted by atomic mass is 10.1. The number of benzene rings is 1. The topological polar surface area (TPSA) is 49.3 Å². The van der Waals surface area contributed by atoms with Crippen molar-refractivity contribution in [2.75, 3.05) is 11.9 Å². The van der Waals surface area contributed by atoms with E-state index >= 15 is 0 Å². The number of aryl methyl sites for hydroxylation is 1. The van der Waals surface area contributed by atoms with E-state index in [-0.39, 0.29) is 6.42 Å². The quantitative estimate of drug-likeness (QED) is 0.723. The lowest BCUT2D eigenvalue weighted by molar-refractivity contribution is -0.136. The summed E-state index contributed by atoms with van der Waals surface area (Å²) in [7, 11) is 0. The molecule has 0 aromatic heterocycles. The zero-order valence-corrected chi connectivity index (χ0v) is 9.44. The number of allylic oxidation sites excluding steroid dienone is 1. The van der Waals surface area contributed by atoms with Crippen LogP contribution in [-0.4, -0.2) is 17.6 Å². The maximum atomic E-state index is 10.4. The molecule has 0 fully saturated rings. The van der Waals surface area contributed by atoms with Crippen LogP contribution in [0.15, 0.2) is 36.4 Å². The molecule has 2 N–H and O–H groups in total. The van der Waals surface area contributed by atoms with Gasteiger partial charge in [-0.15, -0.1) is 0 Å². The summed E-state index contributed by atoms with van der Waals surface area (Å²) in [6.07, 6.45) is 4.78. The highest BCUT2D eigenvalue weighted by Gasteiger charge is 1.99. The van der Waals surface area contributed by atoms with Crippen molar-refractivity contribution < 1.29 is 9.90 Å². The molecule has 0 saturated carbocycles. The van der Waals surface area contributed by atoms with Gasteiger partial charge >= 0.3 is 5.97 Å². The summed E-state index contributed by atoms with van der Waals surface area (Å²) in [5.41, 5.74) is 2.08. The van der Waals surface area contributed by atoms with Gasteiger partial charge in [-0.25, -0.2) is 0 Å². The fraction of sp³-hybridized carbons (Fsp3) is 0.308. The van der Waals surface area contributed by atoms with Crippen molar-refractivity contribution in [3.63, 3.8) is 0 Å². The number of carboxylic acid groups (broad SMARTS) is 1. The van der Waals surface area contributed by atoms with Gasteiger partial charge in [-0.2, -0.15) is 0 Å². The molecule has 3 nitrogen and oxygen atoms in total. The van der Waals surface area contributed by atoms with E-state index in [1.165, 1.54) is 0 Å². The first-order valence-corrected chi connectivity index (χ1v) is 5.38. The van der Waals surface area contributed by atoms with E-state index in [1.54, 1.807) is 0 Å². The minimum absolute atomic E-state index is 0.179. The van der Waals surface area contributed by atoms with Crippen molar-refractivity contribution in [3.8, 4) is 0 Å². The van der Waals surface area contributed by atoms with Crippen LogP contribution >= 0.6 is 0 Å². The first-order valence-electron chi connectivity index (χ1n) is 5.38. The van der Waals surface area contributed by atoms with Gasteiger partial charge in [0.15, 0.2) is 0 Å². The molecule has 1 aromatic rings. The van der Waals surface area contributed by atoms with Crippen LogP contribution in [0.1, 0.15) is 18.9 Å². The Morgan fingerprint density at radius 1 is 1.50 bits per heavy atom. The van der Waals surface area contributed by atoms with E-state index in [0.717, 1.165) is 17.8 Å². The molecule has 1 rings (SSSR count). The molecule has 0 radical (unpaired) electrons. The van der Waals surface area contributed by atoms with Gasteiger partial charge in [0.05, 0.1) is 0 Å². The molecule has 0 amide bonds. The van der Waals surface area contributed by atoms with E-state index < -0.39 is 5.97 Å². The first-order chi connectivity index (χ1) is 7.72. The Hall–Kier alpha value is -1.77. The lowest BCUT2D eigenvalue weighted by Gasteiger charge is -2.05. The minimum Gasteiger partial charge on any atom is -0.481 e. The fourth-order valence-electron chi connectivity index (χ4n) is 1.38. The molecule has 0 aliphatic carbocycles. The number of nitrogens with one attached hydrogen (secondary N) is 1. The third kappa shape index (κ3) is 4.64. The first kappa shape index (κ1) is 12.3. The Balaban J connectivity index is 2.53. The third-order valence-electron chi connectivity index (χ3n) is 2.21. The summed E-state index contributed by atoms with van der Waals surface area (Å²) in [5, 5.41) is 11.8. The van der Waals surface area contributed by atoms with E-state index in [4.69, 9.17) is 5.11 Å². The number of anilines is 1. The standard InChI is InChI=1S/C13H17NO2/c1-2-3-9-14-12-6-4-5-11(10-12)7-8-13(15)16/h2-6,10,14H,7-9H2,1H3,(H,15,16). The van der Waals surface area contributed by atoms with Crippen LogP contribution in [0.4, 0.5) is 5.69 Å². The van der Waals surface area contributed by atoms with Crippen LogP contribution in [-0.2, 0) is 11.2 Å². The maximum Gasteiger partial charge on any atom is 0.303 e. The molecule has 0 unspecified atom stereocenters. The molecule has 0 atom stereocenters. The second-order valence-corrected chi connectivity index (χ2v) is 3.54. The van der Waals surface area contributed by atoms with E-state index in [1.807, 2.05) is 43.3 Å². The third-order valence-corrected chi connectivity index (χ3v) is 2.21. The van der Waals surface area contributed by atoms with E-state index in [9.17, 15) is 4.79 Å². The second kappa shape index (κ2) is 6.67. The molecule has 0 heterocycles. The zero-order valence-electron chi connectivity index (χ0n) is 9.44. The summed E-state index contributed by atoms with van der Waals surface area (Å²) < 4.78 is 0. The molecular formula is C13H17NO2. The number of hydrogen-bond acceptors (Lipinski definition) is 2. The highest BCUT2D eigenvalue weighted by molar-refractivity contribution is 5.67. The molecule has 0 bridgehead atoms. The number of rotatable bonds is 6. The van der Waals surface area contributed by atoms with E-state index in [0.29, 0.717) is 6.42 Å². The Morgan fingerprint density at radius 3 is 3.00 bits per heavy atom. The largest absolute Gasteiger partial charge is 0.481 e. The van der Waals surface area contributed by atoms with Crippen LogP contribution in [0.2, 0.25) is 0 Å². The molecule has 86 valence electrons. The summed E-state index contributed by atoms with van der Waals surface area (Å²) in [6.45, 7) is 2.77. The number of carbonyl (C=O) groups is 1. The number of carboxylic acids is 1. The lowest BCUT2D eigenvalue weighted by Crippen LogP contribution is -2.00. The molecule has 16 heavy (non-hydrogen) atoms. The second-order valence-electron chi connectivity index (χ2n) is 3.54. The van der Waals surface area contributed by atoms with Gasteiger partial charge < -0.3 is 10.4 Å². The van der Waals surface area contributed by atoms with E-state index in [2.05, 4.69) is 5.32 Å².